The minimum atomic E-state index is -0.572. The first-order valence-electron chi connectivity index (χ1n) is 7.60. The van der Waals surface area contributed by atoms with Crippen LogP contribution in [0.3, 0.4) is 0 Å². The number of amides is 1. The van der Waals surface area contributed by atoms with Crippen molar-refractivity contribution in [1.82, 2.24) is 5.32 Å². The fourth-order valence-corrected chi connectivity index (χ4v) is 2.69. The van der Waals surface area contributed by atoms with Crippen LogP contribution in [0.1, 0.15) is 28.9 Å². The van der Waals surface area contributed by atoms with E-state index in [4.69, 9.17) is 21.1 Å². The third-order valence-corrected chi connectivity index (χ3v) is 4.15. The predicted octanol–water partition coefficient (Wildman–Crippen LogP) is 3.51. The Bertz CT molecular complexity index is 840. The van der Waals surface area contributed by atoms with Gasteiger partial charge in [0.05, 0.1) is 21.6 Å². The Labute approximate surface area is 148 Å². The molecule has 130 valence electrons. The number of non-ortho nitro benzene ring substituents is 1. The zero-order valence-corrected chi connectivity index (χ0v) is 14.1. The summed E-state index contributed by atoms with van der Waals surface area (Å²) in [6, 6.07) is 8.81. The quantitative estimate of drug-likeness (QED) is 0.663. The lowest BCUT2D eigenvalue weighted by Gasteiger charge is -2.21. The van der Waals surface area contributed by atoms with Gasteiger partial charge in [-0.1, -0.05) is 17.7 Å². The largest absolute Gasteiger partial charge is 0.486 e. The van der Waals surface area contributed by atoms with Crippen molar-refractivity contribution in [3.05, 3.63) is 62.7 Å². The molecule has 1 aliphatic heterocycles. The molecule has 25 heavy (non-hydrogen) atoms. The van der Waals surface area contributed by atoms with Crippen LogP contribution in [0.15, 0.2) is 36.4 Å². The van der Waals surface area contributed by atoms with E-state index < -0.39 is 10.8 Å². The Morgan fingerprint density at radius 3 is 2.64 bits per heavy atom. The highest BCUT2D eigenvalue weighted by atomic mass is 35.5. The number of carbonyl (C=O) groups excluding carboxylic acids is 1. The molecule has 1 aliphatic rings. The van der Waals surface area contributed by atoms with E-state index in [1.54, 1.807) is 19.1 Å². The molecule has 0 saturated heterocycles. The van der Waals surface area contributed by atoms with E-state index in [0.717, 1.165) is 11.6 Å². The number of benzene rings is 2. The lowest BCUT2D eigenvalue weighted by Crippen LogP contribution is -2.27. The Morgan fingerprint density at radius 1 is 1.20 bits per heavy atom. The molecule has 2 aromatic carbocycles. The molecule has 2 aromatic rings. The molecule has 1 N–H and O–H groups in total. The summed E-state index contributed by atoms with van der Waals surface area (Å²) in [5, 5.41) is 13.8. The molecule has 0 saturated carbocycles. The van der Waals surface area contributed by atoms with Gasteiger partial charge in [-0.3, -0.25) is 14.9 Å². The van der Waals surface area contributed by atoms with Crippen LogP contribution in [-0.4, -0.2) is 24.0 Å². The summed E-state index contributed by atoms with van der Waals surface area (Å²) < 4.78 is 11.0. The molecule has 0 radical (unpaired) electrons. The van der Waals surface area contributed by atoms with E-state index in [9.17, 15) is 14.9 Å². The van der Waals surface area contributed by atoms with Crippen LogP contribution in [0.4, 0.5) is 5.69 Å². The number of hydrogen-bond acceptors (Lipinski definition) is 5. The lowest BCUT2D eigenvalue weighted by atomic mass is 10.1. The SMILES string of the molecule is C[C@@H](NC(=O)c1cc([N+](=O)[O-])ccc1Cl)c1ccc2c(c1)OCCO2. The first-order chi connectivity index (χ1) is 12.0. The monoisotopic (exact) mass is 362 g/mol. The maximum absolute atomic E-state index is 12.4. The van der Waals surface area contributed by atoms with Gasteiger partial charge in [0, 0.05) is 12.1 Å². The summed E-state index contributed by atoms with van der Waals surface area (Å²) in [4.78, 5) is 22.7. The summed E-state index contributed by atoms with van der Waals surface area (Å²) in [6.07, 6.45) is 0. The second-order valence-electron chi connectivity index (χ2n) is 5.52. The Hall–Kier alpha value is -2.80. The van der Waals surface area contributed by atoms with E-state index in [-0.39, 0.29) is 22.3 Å². The molecule has 1 atom stereocenters. The fraction of sp³-hybridized carbons (Fsp3) is 0.235. The normalized spacial score (nSPS) is 13.8. The molecular weight excluding hydrogens is 348 g/mol. The van der Waals surface area contributed by atoms with Crippen LogP contribution in [0.5, 0.6) is 11.5 Å². The molecule has 0 aliphatic carbocycles. The molecule has 3 rings (SSSR count). The molecule has 0 aromatic heterocycles. The molecule has 1 amide bonds. The fourth-order valence-electron chi connectivity index (χ4n) is 2.49. The van der Waals surface area contributed by atoms with Gasteiger partial charge >= 0.3 is 0 Å². The summed E-state index contributed by atoms with van der Waals surface area (Å²) in [6.45, 7) is 2.78. The predicted molar refractivity (Wildman–Crippen MR) is 91.4 cm³/mol. The summed E-state index contributed by atoms with van der Waals surface area (Å²) in [5.41, 5.74) is 0.681. The van der Waals surface area contributed by atoms with Crippen molar-refractivity contribution in [2.45, 2.75) is 13.0 Å². The average molecular weight is 363 g/mol. The standard InChI is InChI=1S/C17H15ClN2O5/c1-10(11-2-5-15-16(8-11)25-7-6-24-15)19-17(21)13-9-12(20(22)23)3-4-14(13)18/h2-5,8-10H,6-7H2,1H3,(H,19,21)/t10-/m1/s1. The minimum absolute atomic E-state index is 0.0558. The second kappa shape index (κ2) is 6.98. The maximum Gasteiger partial charge on any atom is 0.270 e. The molecule has 8 heteroatoms. The number of nitrogens with zero attached hydrogens (tertiary/aromatic N) is 1. The van der Waals surface area contributed by atoms with Gasteiger partial charge in [-0.05, 0) is 30.7 Å². The molecule has 7 nitrogen and oxygen atoms in total. The molecule has 0 unspecified atom stereocenters. The molecule has 1 heterocycles. The molecule has 0 bridgehead atoms. The number of ether oxygens (including phenoxy) is 2. The first-order valence-corrected chi connectivity index (χ1v) is 7.98. The highest BCUT2D eigenvalue weighted by Crippen LogP contribution is 2.32. The van der Waals surface area contributed by atoms with E-state index in [2.05, 4.69) is 5.32 Å². The van der Waals surface area contributed by atoms with Gasteiger partial charge in [0.25, 0.3) is 11.6 Å². The molecular formula is C17H15ClN2O5. The smallest absolute Gasteiger partial charge is 0.270 e. The van der Waals surface area contributed by atoms with Crippen molar-refractivity contribution < 1.29 is 19.2 Å². The number of nitro benzene ring substituents is 1. The van der Waals surface area contributed by atoms with Gasteiger partial charge in [-0.2, -0.15) is 0 Å². The summed E-state index contributed by atoms with van der Waals surface area (Å²) in [5.74, 6) is 0.796. The van der Waals surface area contributed by atoms with Crippen molar-refractivity contribution in [3.63, 3.8) is 0 Å². The lowest BCUT2D eigenvalue weighted by molar-refractivity contribution is -0.384. The minimum Gasteiger partial charge on any atom is -0.486 e. The maximum atomic E-state index is 12.4. The van der Waals surface area contributed by atoms with Crippen molar-refractivity contribution in [2.24, 2.45) is 0 Å². The zero-order chi connectivity index (χ0) is 18.0. The Morgan fingerprint density at radius 2 is 1.92 bits per heavy atom. The van der Waals surface area contributed by atoms with Crippen molar-refractivity contribution in [1.29, 1.82) is 0 Å². The van der Waals surface area contributed by atoms with E-state index in [0.29, 0.717) is 24.7 Å². The van der Waals surface area contributed by atoms with Crippen LogP contribution >= 0.6 is 11.6 Å². The molecule has 0 fully saturated rings. The number of fused-ring (bicyclic) bond motifs is 1. The van der Waals surface area contributed by atoms with Crippen LogP contribution < -0.4 is 14.8 Å². The van der Waals surface area contributed by atoms with Gasteiger partial charge in [0.2, 0.25) is 0 Å². The number of carbonyl (C=O) groups is 1. The Kier molecular flexibility index (Phi) is 4.76. The number of nitro groups is 1. The third kappa shape index (κ3) is 3.66. The van der Waals surface area contributed by atoms with Crippen molar-refractivity contribution in [2.75, 3.05) is 13.2 Å². The van der Waals surface area contributed by atoms with Crippen molar-refractivity contribution in [3.8, 4) is 11.5 Å². The highest BCUT2D eigenvalue weighted by molar-refractivity contribution is 6.33. The molecule has 0 spiro atoms. The zero-order valence-electron chi connectivity index (χ0n) is 13.3. The summed E-state index contributed by atoms with van der Waals surface area (Å²) >= 11 is 6.00. The summed E-state index contributed by atoms with van der Waals surface area (Å²) in [7, 11) is 0. The van der Waals surface area contributed by atoms with Gasteiger partial charge in [-0.15, -0.1) is 0 Å². The van der Waals surface area contributed by atoms with Crippen LogP contribution in [0.2, 0.25) is 5.02 Å². The number of hydrogen-bond donors (Lipinski definition) is 1. The van der Waals surface area contributed by atoms with Gasteiger partial charge in [-0.25, -0.2) is 0 Å². The number of nitrogens with one attached hydrogen (secondary N) is 1. The van der Waals surface area contributed by atoms with Gasteiger partial charge in [0.1, 0.15) is 13.2 Å². The Balaban J connectivity index is 1.79. The average Bonchev–Trinajstić information content (AvgIpc) is 2.61. The first kappa shape index (κ1) is 17.0. The van der Waals surface area contributed by atoms with Crippen LogP contribution in [0, 0.1) is 10.1 Å². The second-order valence-corrected chi connectivity index (χ2v) is 5.93. The van der Waals surface area contributed by atoms with Gasteiger partial charge in [0.15, 0.2) is 11.5 Å². The van der Waals surface area contributed by atoms with E-state index >= 15 is 0 Å². The van der Waals surface area contributed by atoms with Gasteiger partial charge < -0.3 is 14.8 Å². The number of halogens is 1. The number of rotatable bonds is 4. The highest BCUT2D eigenvalue weighted by Gasteiger charge is 2.19. The van der Waals surface area contributed by atoms with Crippen LogP contribution in [0.25, 0.3) is 0 Å². The third-order valence-electron chi connectivity index (χ3n) is 3.82. The topological polar surface area (TPSA) is 90.7 Å². The van der Waals surface area contributed by atoms with E-state index in [1.807, 2.05) is 6.07 Å². The van der Waals surface area contributed by atoms with Crippen molar-refractivity contribution >= 4 is 23.2 Å². The van der Waals surface area contributed by atoms with E-state index in [1.165, 1.54) is 12.1 Å². The van der Waals surface area contributed by atoms with Crippen LogP contribution in [-0.2, 0) is 0 Å².